The molecule has 0 atom stereocenters. The van der Waals surface area contributed by atoms with Gasteiger partial charge in [0.25, 0.3) is 0 Å². The molecule has 1 aliphatic rings. The highest BCUT2D eigenvalue weighted by Crippen LogP contribution is 2.32. The predicted octanol–water partition coefficient (Wildman–Crippen LogP) is 5.78. The van der Waals surface area contributed by atoms with Gasteiger partial charge < -0.3 is 20.7 Å². The smallest absolute Gasteiger partial charge is 0.406 e. The Bertz CT molecular complexity index is 1190. The Labute approximate surface area is 201 Å². The maximum Gasteiger partial charge on any atom is 0.573 e. The molecule has 35 heavy (non-hydrogen) atoms. The third-order valence-electron chi connectivity index (χ3n) is 5.21. The predicted molar refractivity (Wildman–Crippen MR) is 130 cm³/mol. The Balaban J connectivity index is 0.000000241. The minimum Gasteiger partial charge on any atom is -0.406 e. The normalized spacial score (nSPS) is 12.7. The quantitative estimate of drug-likeness (QED) is 0.461. The molecule has 4 rings (SSSR count). The van der Waals surface area contributed by atoms with E-state index in [4.69, 9.17) is 5.73 Å². The van der Waals surface area contributed by atoms with E-state index >= 15 is 0 Å². The van der Waals surface area contributed by atoms with Gasteiger partial charge in [0, 0.05) is 37.5 Å². The van der Waals surface area contributed by atoms with E-state index in [1.165, 1.54) is 24.6 Å². The molecule has 0 fully saturated rings. The fourth-order valence-electron chi connectivity index (χ4n) is 3.75. The Hall–Kier alpha value is -4.01. The van der Waals surface area contributed by atoms with Gasteiger partial charge in [0.1, 0.15) is 5.75 Å². The van der Waals surface area contributed by atoms with E-state index in [-0.39, 0.29) is 17.6 Å². The lowest BCUT2D eigenvalue weighted by molar-refractivity contribution is -0.274. The monoisotopic (exact) mass is 485 g/mol. The molecule has 1 heterocycles. The molecule has 1 aliphatic heterocycles. The Morgan fingerprint density at radius 2 is 1.66 bits per heavy atom. The summed E-state index contributed by atoms with van der Waals surface area (Å²) >= 11 is 0. The number of ether oxygens (including phenoxy) is 1. The zero-order chi connectivity index (χ0) is 25.6. The van der Waals surface area contributed by atoms with Crippen LogP contribution in [0.5, 0.6) is 5.75 Å². The number of carbonyl (C=O) groups excluding carboxylic acids is 2. The van der Waals surface area contributed by atoms with E-state index in [0.717, 1.165) is 54.0 Å². The maximum absolute atomic E-state index is 11.7. The molecule has 0 aromatic heterocycles. The summed E-state index contributed by atoms with van der Waals surface area (Å²) < 4.78 is 38.4. The second-order valence-corrected chi connectivity index (χ2v) is 8.00. The molecule has 0 radical (unpaired) electrons. The molecule has 3 aromatic carbocycles. The van der Waals surface area contributed by atoms with Gasteiger partial charge in [-0.25, -0.2) is 0 Å². The fraction of sp³-hybridized carbons (Fsp3) is 0.231. The molecule has 6 nitrogen and oxygen atoms in total. The van der Waals surface area contributed by atoms with Gasteiger partial charge in [-0.1, -0.05) is 18.2 Å². The number of nitrogens with two attached hydrogens (primary N) is 1. The molecule has 9 heteroatoms. The van der Waals surface area contributed by atoms with E-state index in [1.54, 1.807) is 6.92 Å². The van der Waals surface area contributed by atoms with Crippen molar-refractivity contribution in [3.05, 3.63) is 72.3 Å². The van der Waals surface area contributed by atoms with E-state index in [0.29, 0.717) is 5.69 Å². The van der Waals surface area contributed by atoms with Crippen molar-refractivity contribution in [3.63, 3.8) is 0 Å². The molecule has 3 aromatic rings. The molecule has 0 spiro atoms. The lowest BCUT2D eigenvalue weighted by Gasteiger charge is -2.29. The standard InChI is InChI=1S/C19H20N2O2.C7H6F3NO/c1-13(22)20-18-7-3-5-15(12-18)16-8-9-19-17(11-16)6-4-10-21(19)14(2)23;8-7(9,10)12-6-3-1-5(11)2-4-6/h3,5,7-9,11-12H,4,6,10H2,1-2H3,(H,20,22);1-4H,11H2. The first-order valence-corrected chi connectivity index (χ1v) is 10.9. The van der Waals surface area contributed by atoms with Crippen LogP contribution in [0.1, 0.15) is 25.8 Å². The molecule has 0 unspecified atom stereocenters. The van der Waals surface area contributed by atoms with Gasteiger partial charge in [-0.3, -0.25) is 9.59 Å². The second kappa shape index (κ2) is 10.9. The molecule has 0 saturated heterocycles. The Morgan fingerprint density at radius 1 is 0.971 bits per heavy atom. The number of halogens is 3. The minimum absolute atomic E-state index is 0.0790. The van der Waals surface area contributed by atoms with Crippen molar-refractivity contribution >= 4 is 28.9 Å². The van der Waals surface area contributed by atoms with Gasteiger partial charge in [-0.05, 0) is 78.1 Å². The van der Waals surface area contributed by atoms with Crippen LogP contribution in [0.2, 0.25) is 0 Å². The first kappa shape index (κ1) is 25.6. The molecule has 0 bridgehead atoms. The van der Waals surface area contributed by atoms with Gasteiger partial charge >= 0.3 is 6.36 Å². The maximum atomic E-state index is 11.7. The number of anilines is 3. The molecule has 0 saturated carbocycles. The van der Waals surface area contributed by atoms with Crippen molar-refractivity contribution in [3.8, 4) is 16.9 Å². The summed E-state index contributed by atoms with van der Waals surface area (Å²) in [5.74, 6) is -0.257. The van der Waals surface area contributed by atoms with Crippen LogP contribution in [0.4, 0.5) is 30.2 Å². The number of amides is 2. The summed E-state index contributed by atoms with van der Waals surface area (Å²) in [5.41, 5.74) is 10.8. The van der Waals surface area contributed by atoms with Gasteiger partial charge in [-0.2, -0.15) is 0 Å². The van der Waals surface area contributed by atoms with Crippen molar-refractivity contribution < 1.29 is 27.5 Å². The van der Waals surface area contributed by atoms with Crippen LogP contribution in [0.3, 0.4) is 0 Å². The van der Waals surface area contributed by atoms with Crippen molar-refractivity contribution in [2.75, 3.05) is 22.5 Å². The highest BCUT2D eigenvalue weighted by atomic mass is 19.4. The number of fused-ring (bicyclic) bond motifs is 1. The highest BCUT2D eigenvalue weighted by molar-refractivity contribution is 5.93. The number of carbonyl (C=O) groups is 2. The first-order valence-electron chi connectivity index (χ1n) is 10.9. The third kappa shape index (κ3) is 7.49. The average molecular weight is 486 g/mol. The van der Waals surface area contributed by atoms with E-state index in [9.17, 15) is 22.8 Å². The summed E-state index contributed by atoms with van der Waals surface area (Å²) in [6.45, 7) is 3.90. The van der Waals surface area contributed by atoms with Crippen LogP contribution < -0.4 is 20.7 Å². The minimum atomic E-state index is -4.64. The van der Waals surface area contributed by atoms with Gasteiger partial charge in [-0.15, -0.1) is 13.2 Å². The Kier molecular flexibility index (Phi) is 8.01. The van der Waals surface area contributed by atoms with Crippen molar-refractivity contribution in [2.45, 2.75) is 33.1 Å². The zero-order valence-corrected chi connectivity index (χ0v) is 19.4. The lowest BCUT2D eigenvalue weighted by Crippen LogP contribution is -2.33. The average Bonchev–Trinajstić information content (AvgIpc) is 2.79. The molecule has 184 valence electrons. The van der Waals surface area contributed by atoms with Crippen molar-refractivity contribution in [1.29, 1.82) is 0 Å². The number of benzene rings is 3. The van der Waals surface area contributed by atoms with Crippen LogP contribution in [-0.4, -0.2) is 24.7 Å². The zero-order valence-electron chi connectivity index (χ0n) is 19.4. The number of nitrogen functional groups attached to an aromatic ring is 1. The number of hydrogen-bond acceptors (Lipinski definition) is 4. The number of alkyl halides is 3. The summed E-state index contributed by atoms with van der Waals surface area (Å²) in [7, 11) is 0. The number of rotatable bonds is 3. The number of nitrogens with one attached hydrogen (secondary N) is 1. The van der Waals surface area contributed by atoms with E-state index < -0.39 is 6.36 Å². The largest absolute Gasteiger partial charge is 0.573 e. The summed E-state index contributed by atoms with van der Waals surface area (Å²) in [6.07, 6.45) is -2.67. The van der Waals surface area contributed by atoms with Gasteiger partial charge in [0.2, 0.25) is 11.8 Å². The third-order valence-corrected chi connectivity index (χ3v) is 5.21. The number of hydrogen-bond donors (Lipinski definition) is 2. The second-order valence-electron chi connectivity index (χ2n) is 8.00. The fourth-order valence-corrected chi connectivity index (χ4v) is 3.75. The Morgan fingerprint density at radius 3 is 2.29 bits per heavy atom. The number of nitrogens with zero attached hydrogens (tertiary/aromatic N) is 1. The summed E-state index contributed by atoms with van der Waals surface area (Å²) in [6, 6.07) is 19.0. The van der Waals surface area contributed by atoms with Crippen LogP contribution in [0.15, 0.2) is 66.7 Å². The molecular weight excluding hydrogens is 459 g/mol. The summed E-state index contributed by atoms with van der Waals surface area (Å²) in [5, 5.41) is 2.81. The van der Waals surface area contributed by atoms with E-state index in [2.05, 4.69) is 16.1 Å². The topological polar surface area (TPSA) is 84.7 Å². The van der Waals surface area contributed by atoms with Gasteiger partial charge in [0.15, 0.2) is 0 Å². The van der Waals surface area contributed by atoms with Gasteiger partial charge in [0.05, 0.1) is 0 Å². The number of aryl methyl sites for hydroxylation is 1. The molecule has 3 N–H and O–H groups in total. The molecular formula is C26H26F3N3O3. The highest BCUT2D eigenvalue weighted by Gasteiger charge is 2.30. The van der Waals surface area contributed by atoms with Crippen LogP contribution in [0, 0.1) is 0 Å². The van der Waals surface area contributed by atoms with Crippen molar-refractivity contribution in [2.24, 2.45) is 0 Å². The summed E-state index contributed by atoms with van der Waals surface area (Å²) in [4.78, 5) is 24.8. The van der Waals surface area contributed by atoms with Crippen LogP contribution >= 0.6 is 0 Å². The lowest BCUT2D eigenvalue weighted by atomic mass is 9.96. The van der Waals surface area contributed by atoms with Crippen molar-refractivity contribution in [1.82, 2.24) is 0 Å². The SMILES string of the molecule is CC(=O)Nc1cccc(-c2ccc3c(c2)CCCN3C(C)=O)c1.Nc1ccc(OC(F)(F)F)cc1. The molecule has 2 amide bonds. The first-order chi connectivity index (χ1) is 16.5. The molecule has 0 aliphatic carbocycles. The van der Waals surface area contributed by atoms with E-state index in [1.807, 2.05) is 41.3 Å². The van der Waals surface area contributed by atoms with Crippen LogP contribution in [0.25, 0.3) is 11.1 Å². The van der Waals surface area contributed by atoms with Crippen LogP contribution in [-0.2, 0) is 16.0 Å².